The van der Waals surface area contributed by atoms with Gasteiger partial charge in [-0.1, -0.05) is 24.3 Å². The summed E-state index contributed by atoms with van der Waals surface area (Å²) in [4.78, 5) is 28.2. The number of nitrogens with zero attached hydrogens (tertiary/aromatic N) is 1. The van der Waals surface area contributed by atoms with E-state index in [2.05, 4.69) is 4.98 Å². The standard InChI is InChI=1S/C17H13NO4/c1-2-21-17(20)15(19)11-7-3-4-8-12(11)16-18-13-9-5-6-10-14(13)22-16/h3-10H,2H2,1H3. The molecule has 0 atom stereocenters. The second kappa shape index (κ2) is 5.81. The van der Waals surface area contributed by atoms with Gasteiger partial charge in [-0.3, -0.25) is 4.79 Å². The molecular weight excluding hydrogens is 282 g/mol. The Labute approximate surface area is 126 Å². The summed E-state index contributed by atoms with van der Waals surface area (Å²) in [5.41, 5.74) is 2.00. The largest absolute Gasteiger partial charge is 0.460 e. The molecule has 0 N–H and O–H groups in total. The van der Waals surface area contributed by atoms with Crippen molar-refractivity contribution in [3.63, 3.8) is 0 Å². The fourth-order valence-corrected chi connectivity index (χ4v) is 2.16. The van der Waals surface area contributed by atoms with E-state index in [-0.39, 0.29) is 12.2 Å². The Kier molecular flexibility index (Phi) is 3.70. The van der Waals surface area contributed by atoms with Gasteiger partial charge in [0.05, 0.1) is 6.61 Å². The van der Waals surface area contributed by atoms with E-state index in [0.717, 1.165) is 0 Å². The molecule has 0 fully saturated rings. The smallest absolute Gasteiger partial charge is 0.379 e. The highest BCUT2D eigenvalue weighted by Gasteiger charge is 2.23. The van der Waals surface area contributed by atoms with Gasteiger partial charge in [0.1, 0.15) is 5.52 Å². The molecule has 0 spiro atoms. The van der Waals surface area contributed by atoms with Gasteiger partial charge in [-0.15, -0.1) is 0 Å². The average Bonchev–Trinajstić information content (AvgIpc) is 2.98. The van der Waals surface area contributed by atoms with E-state index in [0.29, 0.717) is 22.6 Å². The van der Waals surface area contributed by atoms with Crippen LogP contribution < -0.4 is 0 Å². The van der Waals surface area contributed by atoms with E-state index in [9.17, 15) is 9.59 Å². The third kappa shape index (κ3) is 2.48. The van der Waals surface area contributed by atoms with E-state index in [1.807, 2.05) is 18.2 Å². The van der Waals surface area contributed by atoms with E-state index < -0.39 is 11.8 Å². The highest BCUT2D eigenvalue weighted by atomic mass is 16.5. The van der Waals surface area contributed by atoms with Gasteiger partial charge in [-0.05, 0) is 31.2 Å². The van der Waals surface area contributed by atoms with Crippen LogP contribution in [0.5, 0.6) is 0 Å². The molecule has 0 aliphatic rings. The van der Waals surface area contributed by atoms with Crippen LogP contribution >= 0.6 is 0 Å². The monoisotopic (exact) mass is 295 g/mol. The molecule has 0 saturated carbocycles. The molecule has 0 unspecified atom stereocenters. The predicted octanol–water partition coefficient (Wildman–Crippen LogP) is 3.24. The van der Waals surface area contributed by atoms with E-state index in [1.54, 1.807) is 37.3 Å². The number of hydrogen-bond donors (Lipinski definition) is 0. The number of rotatable bonds is 4. The molecule has 110 valence electrons. The van der Waals surface area contributed by atoms with Crippen LogP contribution in [0.15, 0.2) is 52.9 Å². The number of Topliss-reactive ketones (excluding diaryl/α,β-unsaturated/α-hetero) is 1. The van der Waals surface area contributed by atoms with Gasteiger partial charge in [0.25, 0.3) is 5.78 Å². The maximum absolute atomic E-state index is 12.2. The van der Waals surface area contributed by atoms with Crippen molar-refractivity contribution in [3.05, 3.63) is 54.1 Å². The molecule has 1 aromatic heterocycles. The molecule has 5 nitrogen and oxygen atoms in total. The first-order chi connectivity index (χ1) is 10.7. The number of para-hydroxylation sites is 2. The second-order valence-electron chi connectivity index (χ2n) is 4.58. The van der Waals surface area contributed by atoms with Gasteiger partial charge in [-0.2, -0.15) is 0 Å². The minimum absolute atomic E-state index is 0.148. The third-order valence-corrected chi connectivity index (χ3v) is 3.16. The molecule has 1 heterocycles. The number of aromatic nitrogens is 1. The summed E-state index contributed by atoms with van der Waals surface area (Å²) in [6, 6.07) is 14.0. The minimum atomic E-state index is -0.883. The lowest BCUT2D eigenvalue weighted by molar-refractivity contribution is -0.137. The normalized spacial score (nSPS) is 10.6. The molecule has 0 bridgehead atoms. The van der Waals surface area contributed by atoms with Gasteiger partial charge in [0, 0.05) is 11.1 Å². The van der Waals surface area contributed by atoms with Gasteiger partial charge in [0.15, 0.2) is 5.58 Å². The molecule has 3 aromatic rings. The molecule has 22 heavy (non-hydrogen) atoms. The molecular formula is C17H13NO4. The number of carbonyl (C=O) groups is 2. The molecule has 0 radical (unpaired) electrons. The predicted molar refractivity (Wildman–Crippen MR) is 80.4 cm³/mol. The van der Waals surface area contributed by atoms with Crippen LogP contribution in [0.3, 0.4) is 0 Å². The summed E-state index contributed by atoms with van der Waals surface area (Å²) in [5, 5.41) is 0. The van der Waals surface area contributed by atoms with Gasteiger partial charge < -0.3 is 9.15 Å². The summed E-state index contributed by atoms with van der Waals surface area (Å²) in [6.07, 6.45) is 0. The summed E-state index contributed by atoms with van der Waals surface area (Å²) in [6.45, 7) is 1.80. The Morgan fingerprint density at radius 1 is 1.09 bits per heavy atom. The number of oxazole rings is 1. The van der Waals surface area contributed by atoms with Crippen molar-refractivity contribution < 1.29 is 18.7 Å². The summed E-state index contributed by atoms with van der Waals surface area (Å²) >= 11 is 0. The van der Waals surface area contributed by atoms with Gasteiger partial charge >= 0.3 is 5.97 Å². The van der Waals surface area contributed by atoms with Crippen LogP contribution in [0.2, 0.25) is 0 Å². The molecule has 0 amide bonds. The molecule has 0 saturated heterocycles. The van der Waals surface area contributed by atoms with Crippen molar-refractivity contribution in [2.24, 2.45) is 0 Å². The van der Waals surface area contributed by atoms with Crippen molar-refractivity contribution in [2.45, 2.75) is 6.92 Å². The molecule has 3 rings (SSSR count). The van der Waals surface area contributed by atoms with E-state index in [1.165, 1.54) is 0 Å². The Balaban J connectivity index is 2.08. The Morgan fingerprint density at radius 3 is 2.59 bits per heavy atom. The van der Waals surface area contributed by atoms with Crippen LogP contribution in [0.1, 0.15) is 17.3 Å². The van der Waals surface area contributed by atoms with Crippen molar-refractivity contribution in [1.29, 1.82) is 0 Å². The lowest BCUT2D eigenvalue weighted by atomic mass is 10.0. The minimum Gasteiger partial charge on any atom is -0.460 e. The maximum Gasteiger partial charge on any atom is 0.379 e. The summed E-state index contributed by atoms with van der Waals surface area (Å²) in [7, 11) is 0. The number of ether oxygens (including phenoxy) is 1. The van der Waals surface area contributed by atoms with Crippen LogP contribution in [-0.2, 0) is 9.53 Å². The van der Waals surface area contributed by atoms with Crippen LogP contribution in [-0.4, -0.2) is 23.3 Å². The lowest BCUT2D eigenvalue weighted by Crippen LogP contribution is -2.18. The van der Waals surface area contributed by atoms with Gasteiger partial charge in [0.2, 0.25) is 5.89 Å². The quantitative estimate of drug-likeness (QED) is 0.420. The zero-order valence-electron chi connectivity index (χ0n) is 11.9. The highest BCUT2D eigenvalue weighted by molar-refractivity contribution is 6.41. The van der Waals surface area contributed by atoms with Crippen LogP contribution in [0.4, 0.5) is 0 Å². The first-order valence-corrected chi connectivity index (χ1v) is 6.87. The van der Waals surface area contributed by atoms with Crippen molar-refractivity contribution in [3.8, 4) is 11.5 Å². The topological polar surface area (TPSA) is 69.4 Å². The number of benzene rings is 2. The zero-order valence-corrected chi connectivity index (χ0v) is 11.9. The number of ketones is 1. The van der Waals surface area contributed by atoms with E-state index in [4.69, 9.17) is 9.15 Å². The number of esters is 1. The second-order valence-corrected chi connectivity index (χ2v) is 4.58. The van der Waals surface area contributed by atoms with Gasteiger partial charge in [-0.25, -0.2) is 9.78 Å². The zero-order chi connectivity index (χ0) is 15.5. The average molecular weight is 295 g/mol. The number of hydrogen-bond acceptors (Lipinski definition) is 5. The molecule has 0 aliphatic heterocycles. The first-order valence-electron chi connectivity index (χ1n) is 6.87. The highest BCUT2D eigenvalue weighted by Crippen LogP contribution is 2.27. The maximum atomic E-state index is 12.2. The summed E-state index contributed by atoms with van der Waals surface area (Å²) in [5.74, 6) is -1.29. The van der Waals surface area contributed by atoms with Crippen molar-refractivity contribution in [1.82, 2.24) is 4.98 Å². The van der Waals surface area contributed by atoms with Crippen molar-refractivity contribution >= 4 is 22.9 Å². The van der Waals surface area contributed by atoms with Crippen LogP contribution in [0.25, 0.3) is 22.6 Å². The third-order valence-electron chi connectivity index (χ3n) is 3.16. The number of carbonyl (C=O) groups excluding carboxylic acids is 2. The Morgan fingerprint density at radius 2 is 1.82 bits per heavy atom. The Hall–Kier alpha value is -2.95. The fraction of sp³-hybridized carbons (Fsp3) is 0.118. The fourth-order valence-electron chi connectivity index (χ4n) is 2.16. The van der Waals surface area contributed by atoms with Crippen LogP contribution in [0, 0.1) is 0 Å². The Bertz CT molecular complexity index is 817. The summed E-state index contributed by atoms with van der Waals surface area (Å²) < 4.78 is 10.4. The molecule has 0 aliphatic carbocycles. The molecule has 2 aromatic carbocycles. The first kappa shape index (κ1) is 14.0. The van der Waals surface area contributed by atoms with E-state index >= 15 is 0 Å². The molecule has 5 heteroatoms. The SMILES string of the molecule is CCOC(=O)C(=O)c1ccccc1-c1nc2ccccc2o1. The van der Waals surface area contributed by atoms with Crippen molar-refractivity contribution in [2.75, 3.05) is 6.61 Å². The lowest BCUT2D eigenvalue weighted by Gasteiger charge is -2.05. The number of fused-ring (bicyclic) bond motifs is 1.